The van der Waals surface area contributed by atoms with Crippen molar-refractivity contribution in [1.29, 1.82) is 0 Å². The van der Waals surface area contributed by atoms with E-state index in [1.165, 1.54) is 12.1 Å². The summed E-state index contributed by atoms with van der Waals surface area (Å²) in [6, 6.07) is 13.7. The second kappa shape index (κ2) is 7.36. The van der Waals surface area contributed by atoms with Crippen LogP contribution in [-0.2, 0) is 13.0 Å². The quantitative estimate of drug-likeness (QED) is 0.716. The summed E-state index contributed by atoms with van der Waals surface area (Å²) in [6.45, 7) is 2.59. The molecule has 3 rings (SSSR count). The number of aromatic nitrogens is 2. The summed E-state index contributed by atoms with van der Waals surface area (Å²) >= 11 is 0. The zero-order chi connectivity index (χ0) is 16.9. The molecular formula is C19H19F2N3. The molecule has 1 heterocycles. The van der Waals surface area contributed by atoms with Gasteiger partial charge in [-0.3, -0.25) is 5.10 Å². The van der Waals surface area contributed by atoms with E-state index in [2.05, 4.69) is 15.5 Å². The van der Waals surface area contributed by atoms with Crippen LogP contribution in [0.5, 0.6) is 0 Å². The summed E-state index contributed by atoms with van der Waals surface area (Å²) in [4.78, 5) is 0. The highest BCUT2D eigenvalue weighted by Gasteiger charge is 2.11. The zero-order valence-corrected chi connectivity index (χ0v) is 13.4. The van der Waals surface area contributed by atoms with E-state index in [1.807, 2.05) is 37.3 Å². The van der Waals surface area contributed by atoms with Gasteiger partial charge in [0.1, 0.15) is 11.6 Å². The Morgan fingerprint density at radius 2 is 1.88 bits per heavy atom. The molecule has 5 heteroatoms. The molecule has 0 saturated heterocycles. The van der Waals surface area contributed by atoms with Gasteiger partial charge in [-0.15, -0.1) is 0 Å². The molecule has 2 aromatic carbocycles. The zero-order valence-electron chi connectivity index (χ0n) is 13.4. The Bertz CT molecular complexity index is 799. The molecule has 2 N–H and O–H groups in total. The molecule has 0 spiro atoms. The summed E-state index contributed by atoms with van der Waals surface area (Å²) in [5, 5.41) is 10.5. The van der Waals surface area contributed by atoms with E-state index in [4.69, 9.17) is 0 Å². The lowest BCUT2D eigenvalue weighted by molar-refractivity contribution is 0.520. The second-order valence-electron chi connectivity index (χ2n) is 5.86. The molecule has 0 aliphatic carbocycles. The first kappa shape index (κ1) is 16.3. The van der Waals surface area contributed by atoms with Crippen LogP contribution >= 0.6 is 0 Å². The van der Waals surface area contributed by atoms with Crippen LogP contribution < -0.4 is 5.32 Å². The standard InChI is InChI=1S/C19H19F2N3/c1-13(9-15-7-8-17(20)10-18(15)21)22-11-16-12-23-24-19(16)14-5-3-2-4-6-14/h2-8,10,12-13,22H,9,11H2,1H3,(H,23,24). The van der Waals surface area contributed by atoms with Crippen molar-refractivity contribution in [1.82, 2.24) is 15.5 Å². The molecule has 1 unspecified atom stereocenters. The smallest absolute Gasteiger partial charge is 0.129 e. The van der Waals surface area contributed by atoms with E-state index < -0.39 is 11.6 Å². The lowest BCUT2D eigenvalue weighted by Crippen LogP contribution is -2.28. The highest BCUT2D eigenvalue weighted by molar-refractivity contribution is 5.62. The number of hydrogen-bond donors (Lipinski definition) is 2. The van der Waals surface area contributed by atoms with Crippen LogP contribution in [0, 0.1) is 11.6 Å². The Morgan fingerprint density at radius 3 is 2.62 bits per heavy atom. The minimum atomic E-state index is -0.553. The summed E-state index contributed by atoms with van der Waals surface area (Å²) in [5.41, 5.74) is 3.60. The van der Waals surface area contributed by atoms with Gasteiger partial charge in [0.15, 0.2) is 0 Å². The predicted molar refractivity (Wildman–Crippen MR) is 90.4 cm³/mol. The third-order valence-corrected chi connectivity index (χ3v) is 3.96. The van der Waals surface area contributed by atoms with Gasteiger partial charge in [-0.1, -0.05) is 36.4 Å². The average molecular weight is 327 g/mol. The topological polar surface area (TPSA) is 40.7 Å². The minimum absolute atomic E-state index is 0.0449. The third-order valence-electron chi connectivity index (χ3n) is 3.96. The van der Waals surface area contributed by atoms with E-state index in [1.54, 1.807) is 6.20 Å². The summed E-state index contributed by atoms with van der Waals surface area (Å²) in [7, 11) is 0. The Kier molecular flexibility index (Phi) is 5.01. The van der Waals surface area contributed by atoms with Crippen molar-refractivity contribution < 1.29 is 8.78 Å². The molecule has 0 aliphatic rings. The Labute approximate surface area is 139 Å². The SMILES string of the molecule is CC(Cc1ccc(F)cc1F)NCc1cn[nH]c1-c1ccccc1. The summed E-state index contributed by atoms with van der Waals surface area (Å²) < 4.78 is 26.7. The largest absolute Gasteiger partial charge is 0.310 e. The monoisotopic (exact) mass is 327 g/mol. The fourth-order valence-corrected chi connectivity index (χ4v) is 2.67. The van der Waals surface area contributed by atoms with Gasteiger partial charge in [-0.05, 0) is 30.5 Å². The molecule has 0 aliphatic heterocycles. The number of halogens is 2. The van der Waals surface area contributed by atoms with Crippen LogP contribution in [0.15, 0.2) is 54.7 Å². The number of hydrogen-bond acceptors (Lipinski definition) is 2. The van der Waals surface area contributed by atoms with E-state index in [-0.39, 0.29) is 6.04 Å². The van der Waals surface area contributed by atoms with Gasteiger partial charge < -0.3 is 5.32 Å². The Hall–Kier alpha value is -2.53. The van der Waals surface area contributed by atoms with Crippen LogP contribution in [0.4, 0.5) is 8.78 Å². The first-order chi connectivity index (χ1) is 11.6. The van der Waals surface area contributed by atoms with Crippen molar-refractivity contribution in [2.75, 3.05) is 0 Å². The number of benzene rings is 2. The van der Waals surface area contributed by atoms with Gasteiger partial charge in [-0.2, -0.15) is 5.10 Å². The Morgan fingerprint density at radius 1 is 1.08 bits per heavy atom. The van der Waals surface area contributed by atoms with Crippen molar-refractivity contribution in [2.45, 2.75) is 25.9 Å². The number of aromatic amines is 1. The van der Waals surface area contributed by atoms with Crippen molar-refractivity contribution in [3.05, 3.63) is 77.5 Å². The fraction of sp³-hybridized carbons (Fsp3) is 0.211. The van der Waals surface area contributed by atoms with Crippen LogP contribution in [0.2, 0.25) is 0 Å². The van der Waals surface area contributed by atoms with Gasteiger partial charge in [0.05, 0.1) is 11.9 Å². The maximum absolute atomic E-state index is 13.7. The van der Waals surface area contributed by atoms with Crippen molar-refractivity contribution in [3.63, 3.8) is 0 Å². The number of H-pyrrole nitrogens is 1. The average Bonchev–Trinajstić information content (AvgIpc) is 3.05. The van der Waals surface area contributed by atoms with E-state index in [9.17, 15) is 8.78 Å². The number of nitrogens with one attached hydrogen (secondary N) is 2. The third kappa shape index (κ3) is 3.86. The highest BCUT2D eigenvalue weighted by Crippen LogP contribution is 2.20. The van der Waals surface area contributed by atoms with Gasteiger partial charge >= 0.3 is 0 Å². The normalized spacial score (nSPS) is 12.3. The molecule has 0 fully saturated rings. The number of rotatable bonds is 6. The molecule has 1 atom stereocenters. The molecule has 0 bridgehead atoms. The van der Waals surface area contributed by atoms with Crippen LogP contribution in [0.1, 0.15) is 18.1 Å². The molecule has 0 saturated carbocycles. The molecule has 124 valence electrons. The van der Waals surface area contributed by atoms with E-state index in [0.29, 0.717) is 18.5 Å². The molecule has 24 heavy (non-hydrogen) atoms. The summed E-state index contributed by atoms with van der Waals surface area (Å²) in [5.74, 6) is -1.06. The Balaban J connectivity index is 1.63. The lowest BCUT2D eigenvalue weighted by atomic mass is 10.1. The summed E-state index contributed by atoms with van der Waals surface area (Å²) in [6.07, 6.45) is 2.28. The van der Waals surface area contributed by atoms with E-state index in [0.717, 1.165) is 22.9 Å². The van der Waals surface area contributed by atoms with Crippen LogP contribution in [0.25, 0.3) is 11.3 Å². The predicted octanol–water partition coefficient (Wildman–Crippen LogP) is 4.08. The maximum atomic E-state index is 13.7. The van der Waals surface area contributed by atoms with Crippen molar-refractivity contribution >= 4 is 0 Å². The fourth-order valence-electron chi connectivity index (χ4n) is 2.67. The molecular weight excluding hydrogens is 308 g/mol. The number of nitrogens with zero attached hydrogens (tertiary/aromatic N) is 1. The van der Waals surface area contributed by atoms with Crippen molar-refractivity contribution in [2.24, 2.45) is 0 Å². The van der Waals surface area contributed by atoms with Gasteiger partial charge in [0.25, 0.3) is 0 Å². The van der Waals surface area contributed by atoms with Gasteiger partial charge in [0.2, 0.25) is 0 Å². The molecule has 1 aromatic heterocycles. The second-order valence-corrected chi connectivity index (χ2v) is 5.86. The maximum Gasteiger partial charge on any atom is 0.129 e. The van der Waals surface area contributed by atoms with Gasteiger partial charge in [-0.25, -0.2) is 8.78 Å². The molecule has 0 radical (unpaired) electrons. The van der Waals surface area contributed by atoms with Crippen LogP contribution in [0.3, 0.4) is 0 Å². The lowest BCUT2D eigenvalue weighted by Gasteiger charge is -2.14. The van der Waals surface area contributed by atoms with Gasteiger partial charge in [0, 0.05) is 24.2 Å². The molecule has 3 aromatic rings. The van der Waals surface area contributed by atoms with Crippen molar-refractivity contribution in [3.8, 4) is 11.3 Å². The van der Waals surface area contributed by atoms with E-state index >= 15 is 0 Å². The molecule has 0 amide bonds. The first-order valence-corrected chi connectivity index (χ1v) is 7.88. The minimum Gasteiger partial charge on any atom is -0.310 e. The molecule has 3 nitrogen and oxygen atoms in total. The first-order valence-electron chi connectivity index (χ1n) is 7.88. The van der Waals surface area contributed by atoms with Crippen LogP contribution in [-0.4, -0.2) is 16.2 Å². The highest BCUT2D eigenvalue weighted by atomic mass is 19.1.